The van der Waals surface area contributed by atoms with Gasteiger partial charge in [0.15, 0.2) is 14.0 Å². The Morgan fingerprint density at radius 3 is 2.34 bits per heavy atom. The van der Waals surface area contributed by atoms with E-state index in [0.29, 0.717) is 19.0 Å². The maximum Gasteiger partial charge on any atom is 0.417 e. The van der Waals surface area contributed by atoms with Crippen molar-refractivity contribution >= 4 is 14.2 Å². The number of benzene rings is 1. The van der Waals surface area contributed by atoms with Crippen LogP contribution < -0.4 is 15.6 Å². The van der Waals surface area contributed by atoms with Crippen molar-refractivity contribution in [1.82, 2.24) is 20.2 Å². The molecule has 47 heavy (non-hydrogen) atoms. The molecule has 0 radical (unpaired) electrons. The second kappa shape index (κ2) is 14.4. The van der Waals surface area contributed by atoms with Crippen LogP contribution in [0.2, 0.25) is 18.1 Å². The van der Waals surface area contributed by atoms with Crippen molar-refractivity contribution in [3.63, 3.8) is 0 Å². The highest BCUT2D eigenvalue weighted by Crippen LogP contribution is 2.45. The zero-order valence-corrected chi connectivity index (χ0v) is 29.6. The number of dihydropyridines is 1. The van der Waals surface area contributed by atoms with Gasteiger partial charge in [-0.15, -0.1) is 0 Å². The number of hydrogen-bond acceptors (Lipinski definition) is 6. The quantitative estimate of drug-likeness (QED) is 0.230. The zero-order valence-electron chi connectivity index (χ0n) is 28.6. The Bertz CT molecular complexity index is 1510. The van der Waals surface area contributed by atoms with Gasteiger partial charge in [0.2, 0.25) is 5.75 Å². The van der Waals surface area contributed by atoms with E-state index in [0.717, 1.165) is 43.5 Å². The number of halogens is 3. The van der Waals surface area contributed by atoms with Gasteiger partial charge in [-0.3, -0.25) is 9.59 Å². The SMILES string of the molecule is CC(C)N(CCO[Si](C)(C)C(C)(C)C)C(=O)c1nc(CC2(C3C=CC(C(F)(F)F)=CN3)CCCC2)[nH]c(=O)c1OCc1ccccc1. The van der Waals surface area contributed by atoms with Crippen LogP contribution >= 0.6 is 0 Å². The molecule has 2 aliphatic rings. The number of nitrogens with zero attached hydrogens (tertiary/aromatic N) is 2. The van der Waals surface area contributed by atoms with Gasteiger partial charge in [-0.1, -0.05) is 76.1 Å². The van der Waals surface area contributed by atoms with E-state index in [4.69, 9.17) is 14.1 Å². The topological polar surface area (TPSA) is 96.5 Å². The molecule has 1 saturated carbocycles. The number of allylic oxidation sites excluding steroid dienone is 2. The summed E-state index contributed by atoms with van der Waals surface area (Å²) in [5.41, 5.74) is -1.08. The molecule has 1 unspecified atom stereocenters. The first-order valence-electron chi connectivity index (χ1n) is 16.4. The van der Waals surface area contributed by atoms with Gasteiger partial charge in [0.25, 0.3) is 11.5 Å². The second-order valence-electron chi connectivity index (χ2n) is 14.5. The first kappa shape index (κ1) is 36.5. The fourth-order valence-electron chi connectivity index (χ4n) is 6.00. The number of rotatable bonds is 12. The van der Waals surface area contributed by atoms with Crippen molar-refractivity contribution < 1.29 is 27.1 Å². The summed E-state index contributed by atoms with van der Waals surface area (Å²) in [6.45, 7) is 15.3. The molecule has 12 heteroatoms. The van der Waals surface area contributed by atoms with Gasteiger partial charge in [-0.05, 0) is 50.4 Å². The Morgan fingerprint density at radius 2 is 1.79 bits per heavy atom. The lowest BCUT2D eigenvalue weighted by Gasteiger charge is -2.38. The second-order valence-corrected chi connectivity index (χ2v) is 19.3. The van der Waals surface area contributed by atoms with Gasteiger partial charge in [0.05, 0.1) is 18.2 Å². The highest BCUT2D eigenvalue weighted by atomic mass is 28.4. The number of amides is 1. The lowest BCUT2D eigenvalue weighted by molar-refractivity contribution is -0.0890. The molecule has 0 saturated heterocycles. The average molecular weight is 675 g/mol. The minimum Gasteiger partial charge on any atom is -0.481 e. The molecule has 8 nitrogen and oxygen atoms in total. The predicted octanol–water partition coefficient (Wildman–Crippen LogP) is 7.30. The average Bonchev–Trinajstić information content (AvgIpc) is 3.47. The Kier molecular flexibility index (Phi) is 11.2. The van der Waals surface area contributed by atoms with Crippen LogP contribution in [0.3, 0.4) is 0 Å². The van der Waals surface area contributed by atoms with E-state index in [9.17, 15) is 22.8 Å². The predicted molar refractivity (Wildman–Crippen MR) is 180 cm³/mol. The van der Waals surface area contributed by atoms with Gasteiger partial charge in [0, 0.05) is 30.6 Å². The number of ether oxygens (including phenoxy) is 1. The van der Waals surface area contributed by atoms with Crippen molar-refractivity contribution in [3.05, 3.63) is 81.7 Å². The third-order valence-electron chi connectivity index (χ3n) is 9.83. The van der Waals surface area contributed by atoms with Crippen LogP contribution in [-0.2, 0) is 17.5 Å². The summed E-state index contributed by atoms with van der Waals surface area (Å²) in [5.74, 6) is -0.301. The van der Waals surface area contributed by atoms with Gasteiger partial charge >= 0.3 is 6.18 Å². The van der Waals surface area contributed by atoms with E-state index < -0.39 is 43.0 Å². The highest BCUT2D eigenvalue weighted by Gasteiger charge is 2.43. The van der Waals surface area contributed by atoms with Gasteiger partial charge < -0.3 is 24.4 Å². The molecule has 4 rings (SSSR count). The van der Waals surface area contributed by atoms with Crippen molar-refractivity contribution in [1.29, 1.82) is 0 Å². The van der Waals surface area contributed by atoms with E-state index in [2.05, 4.69) is 44.2 Å². The minimum atomic E-state index is -4.45. The number of carbonyl (C=O) groups is 1. The largest absolute Gasteiger partial charge is 0.481 e. The summed E-state index contributed by atoms with van der Waals surface area (Å²) in [6.07, 6.45) is 2.75. The number of hydrogen-bond donors (Lipinski definition) is 2. The summed E-state index contributed by atoms with van der Waals surface area (Å²) in [7, 11) is -2.07. The Morgan fingerprint density at radius 1 is 1.13 bits per heavy atom. The number of alkyl halides is 3. The molecule has 0 bridgehead atoms. The van der Waals surface area contributed by atoms with Crippen LogP contribution in [0.15, 0.2) is 59.1 Å². The van der Waals surface area contributed by atoms with Crippen LogP contribution in [0, 0.1) is 5.41 Å². The molecule has 2 aromatic rings. The van der Waals surface area contributed by atoms with Gasteiger partial charge in [0.1, 0.15) is 12.4 Å². The molecule has 1 aromatic carbocycles. The molecule has 1 amide bonds. The monoisotopic (exact) mass is 674 g/mol. The molecule has 0 spiro atoms. The fourth-order valence-corrected chi connectivity index (χ4v) is 7.03. The Labute approximate surface area is 277 Å². The third kappa shape index (κ3) is 8.75. The summed E-state index contributed by atoms with van der Waals surface area (Å²) < 4.78 is 52.3. The number of aromatic nitrogens is 2. The molecule has 2 heterocycles. The molecule has 258 valence electrons. The first-order valence-corrected chi connectivity index (χ1v) is 19.3. The first-order chi connectivity index (χ1) is 21.9. The zero-order chi connectivity index (χ0) is 34.6. The normalized spacial score (nSPS) is 18.2. The molecule has 1 aromatic heterocycles. The van der Waals surface area contributed by atoms with E-state index in [1.807, 2.05) is 44.2 Å². The van der Waals surface area contributed by atoms with Crippen molar-refractivity contribution in [2.45, 2.75) is 110 Å². The van der Waals surface area contributed by atoms with E-state index in [-0.39, 0.29) is 35.6 Å². The Hall–Kier alpha value is -3.38. The molecule has 1 aliphatic heterocycles. The number of carbonyl (C=O) groups excluding carboxylic acids is 1. The standard InChI is InChI=1S/C35H49F3N4O4Si/c1-24(2)42(19-20-46-47(6,7)33(3,4)5)32(44)29-30(45-23-25-13-9-8-10-14-25)31(43)41-28(40-29)21-34(17-11-12-18-34)27-16-15-26(22-39-27)35(36,37)38/h8-10,13-16,22,24,27,39H,11-12,17-21,23H2,1-7H3,(H,40,41,43). The maximum absolute atomic E-state index is 14.3. The lowest BCUT2D eigenvalue weighted by atomic mass is 9.74. The smallest absolute Gasteiger partial charge is 0.417 e. The maximum atomic E-state index is 14.3. The van der Waals surface area contributed by atoms with E-state index in [1.165, 1.54) is 0 Å². The molecular weight excluding hydrogens is 625 g/mol. The summed E-state index contributed by atoms with van der Waals surface area (Å²) >= 11 is 0. The molecule has 1 aliphatic carbocycles. The van der Waals surface area contributed by atoms with E-state index in [1.54, 1.807) is 11.0 Å². The number of aromatic amines is 1. The molecule has 1 atom stereocenters. The summed E-state index contributed by atoms with van der Waals surface area (Å²) in [5, 5.41) is 2.96. The van der Waals surface area contributed by atoms with Crippen LogP contribution in [0.4, 0.5) is 13.2 Å². The lowest BCUT2D eigenvalue weighted by Crippen LogP contribution is -2.46. The fraction of sp³-hybridized carbons (Fsp3) is 0.571. The van der Waals surface area contributed by atoms with Crippen molar-refractivity contribution in [3.8, 4) is 5.75 Å². The van der Waals surface area contributed by atoms with Crippen LogP contribution in [-0.4, -0.2) is 60.5 Å². The van der Waals surface area contributed by atoms with Crippen molar-refractivity contribution in [2.24, 2.45) is 5.41 Å². The summed E-state index contributed by atoms with van der Waals surface area (Å²) in [6, 6.07) is 8.72. The van der Waals surface area contributed by atoms with Crippen LogP contribution in [0.1, 0.15) is 82.2 Å². The minimum absolute atomic E-state index is 0.00395. The van der Waals surface area contributed by atoms with Crippen LogP contribution in [0.25, 0.3) is 0 Å². The van der Waals surface area contributed by atoms with E-state index >= 15 is 0 Å². The molecule has 2 N–H and O–H groups in total. The Balaban J connectivity index is 1.67. The molecule has 1 fully saturated rings. The van der Waals surface area contributed by atoms with Gasteiger partial charge in [-0.25, -0.2) is 4.98 Å². The van der Waals surface area contributed by atoms with Gasteiger partial charge in [-0.2, -0.15) is 13.2 Å². The molecular formula is C35H49F3N4O4Si. The third-order valence-corrected chi connectivity index (χ3v) is 14.4. The highest BCUT2D eigenvalue weighted by molar-refractivity contribution is 6.74. The summed E-state index contributed by atoms with van der Waals surface area (Å²) in [4.78, 5) is 37.2. The van der Waals surface area contributed by atoms with Crippen molar-refractivity contribution in [2.75, 3.05) is 13.2 Å². The van der Waals surface area contributed by atoms with Crippen LogP contribution in [0.5, 0.6) is 5.75 Å². The number of nitrogens with one attached hydrogen (secondary N) is 2. The number of H-pyrrole nitrogens is 1.